The molecule has 0 atom stereocenters. The normalized spacial score (nSPS) is 12.2. The van der Waals surface area contributed by atoms with Crippen molar-refractivity contribution in [2.24, 2.45) is 0 Å². The summed E-state index contributed by atoms with van der Waals surface area (Å²) >= 11 is 0. The van der Waals surface area contributed by atoms with Crippen LogP contribution in [0.1, 0.15) is 5.56 Å². The van der Waals surface area contributed by atoms with Crippen LogP contribution in [0.2, 0.25) is 0 Å². The van der Waals surface area contributed by atoms with Crippen molar-refractivity contribution in [3.63, 3.8) is 0 Å². The highest BCUT2D eigenvalue weighted by molar-refractivity contribution is 6.25. The summed E-state index contributed by atoms with van der Waals surface area (Å²) in [7, 11) is 0. The Morgan fingerprint density at radius 2 is 1.26 bits per heavy atom. The molecule has 0 saturated heterocycles. The number of nitrogens with zero attached hydrogens (tertiary/aromatic N) is 4. The number of benzene rings is 7. The van der Waals surface area contributed by atoms with Crippen LogP contribution in [-0.2, 0) is 0 Å². The number of pyridine rings is 2. The predicted molar refractivity (Wildman–Crippen MR) is 222 cm³/mol. The van der Waals surface area contributed by atoms with Crippen molar-refractivity contribution in [2.45, 2.75) is 6.92 Å². The maximum atomic E-state index is 6.65. The molecule has 0 N–H and O–H groups in total. The first-order valence-electron chi connectivity index (χ1n) is 18.3. The summed E-state index contributed by atoms with van der Waals surface area (Å²) in [6.45, 7) is 2.18. The van der Waals surface area contributed by atoms with Gasteiger partial charge in [-0.15, -0.1) is 0 Å². The second kappa shape index (κ2) is 10.9. The Labute approximate surface area is 309 Å². The van der Waals surface area contributed by atoms with E-state index < -0.39 is 0 Å². The summed E-state index contributed by atoms with van der Waals surface area (Å²) in [5.41, 5.74) is 13.4. The molecule has 0 fully saturated rings. The van der Waals surface area contributed by atoms with E-state index in [9.17, 15) is 0 Å². The van der Waals surface area contributed by atoms with Crippen molar-refractivity contribution in [3.05, 3.63) is 169 Å². The number of imidazole rings is 1. The van der Waals surface area contributed by atoms with Gasteiger partial charge < -0.3 is 9.14 Å². The monoisotopic (exact) mass is 690 g/mol. The Bertz CT molecular complexity index is 3500. The van der Waals surface area contributed by atoms with Gasteiger partial charge in [0.1, 0.15) is 17.1 Å². The highest BCUT2D eigenvalue weighted by Crippen LogP contribution is 2.43. The first kappa shape index (κ1) is 29.3. The molecule has 0 saturated carbocycles. The van der Waals surface area contributed by atoms with Crippen LogP contribution in [0.3, 0.4) is 0 Å². The molecule has 5 aromatic heterocycles. The molecule has 0 amide bonds. The molecule has 0 unspecified atom stereocenters. The lowest BCUT2D eigenvalue weighted by Gasteiger charge is -2.12. The molecule has 0 spiro atoms. The second-order valence-electron chi connectivity index (χ2n) is 14.3. The third kappa shape index (κ3) is 4.03. The zero-order chi connectivity index (χ0) is 35.5. The van der Waals surface area contributed by atoms with Crippen LogP contribution in [0.4, 0.5) is 0 Å². The van der Waals surface area contributed by atoms with E-state index in [1.165, 1.54) is 49.3 Å². The molecule has 252 valence electrons. The Hall–Kier alpha value is -7.24. The first-order valence-corrected chi connectivity index (χ1v) is 18.3. The molecular formula is C49H30N4O. The van der Waals surface area contributed by atoms with Crippen molar-refractivity contribution < 1.29 is 4.74 Å². The van der Waals surface area contributed by atoms with E-state index in [1.807, 2.05) is 18.3 Å². The van der Waals surface area contributed by atoms with Gasteiger partial charge in [0.25, 0.3) is 0 Å². The maximum Gasteiger partial charge on any atom is 0.146 e. The van der Waals surface area contributed by atoms with Crippen LogP contribution >= 0.6 is 0 Å². The van der Waals surface area contributed by atoms with Gasteiger partial charge in [0, 0.05) is 44.1 Å². The van der Waals surface area contributed by atoms with Crippen LogP contribution in [0.25, 0.3) is 98.8 Å². The third-order valence-corrected chi connectivity index (χ3v) is 11.3. The molecule has 5 heteroatoms. The smallest absolute Gasteiger partial charge is 0.146 e. The molecule has 0 radical (unpaired) electrons. The molecule has 0 bridgehead atoms. The second-order valence-corrected chi connectivity index (χ2v) is 14.3. The van der Waals surface area contributed by atoms with Crippen LogP contribution < -0.4 is 4.74 Å². The van der Waals surface area contributed by atoms with E-state index in [4.69, 9.17) is 14.7 Å². The van der Waals surface area contributed by atoms with E-state index in [2.05, 4.69) is 161 Å². The predicted octanol–water partition coefficient (Wildman–Crippen LogP) is 12.8. The summed E-state index contributed by atoms with van der Waals surface area (Å²) in [6, 6.07) is 55.8. The number of rotatable bonds is 4. The number of aromatic nitrogens is 4. The summed E-state index contributed by atoms with van der Waals surface area (Å²) in [6.07, 6.45) is 1.93. The van der Waals surface area contributed by atoms with Crippen LogP contribution in [0.15, 0.2) is 164 Å². The number of fused-ring (bicyclic) bond motifs is 14. The minimum absolute atomic E-state index is 0.751. The molecule has 0 aliphatic heterocycles. The van der Waals surface area contributed by atoms with Gasteiger partial charge in [-0.2, -0.15) is 0 Å². The van der Waals surface area contributed by atoms with E-state index in [0.29, 0.717) is 0 Å². The van der Waals surface area contributed by atoms with Gasteiger partial charge in [-0.25, -0.2) is 4.98 Å². The molecular weight excluding hydrogens is 661 g/mol. The minimum Gasteiger partial charge on any atom is -0.457 e. The van der Waals surface area contributed by atoms with Gasteiger partial charge in [0.2, 0.25) is 0 Å². The first-order chi connectivity index (χ1) is 26.7. The number of para-hydroxylation sites is 4. The number of hydrogen-bond donors (Lipinski definition) is 0. The van der Waals surface area contributed by atoms with Crippen LogP contribution in [0, 0.1) is 6.92 Å². The van der Waals surface area contributed by atoms with Crippen molar-refractivity contribution >= 4 is 76.5 Å². The number of aryl methyl sites for hydroxylation is 1. The minimum atomic E-state index is 0.751. The zero-order valence-electron chi connectivity index (χ0n) is 29.3. The molecule has 12 rings (SSSR count). The van der Waals surface area contributed by atoms with Crippen LogP contribution in [0.5, 0.6) is 11.5 Å². The fourth-order valence-corrected chi connectivity index (χ4v) is 8.90. The Morgan fingerprint density at radius 3 is 2.20 bits per heavy atom. The van der Waals surface area contributed by atoms with Gasteiger partial charge in [-0.3, -0.25) is 9.38 Å². The van der Waals surface area contributed by atoms with E-state index in [-0.39, 0.29) is 0 Å². The molecule has 0 aliphatic rings. The topological polar surface area (TPSA) is 43.8 Å². The number of hydrogen-bond acceptors (Lipinski definition) is 3. The molecule has 7 aromatic carbocycles. The Kier molecular flexibility index (Phi) is 5.92. The van der Waals surface area contributed by atoms with Gasteiger partial charge in [0.05, 0.1) is 38.8 Å². The molecule has 12 aromatic rings. The Morgan fingerprint density at radius 1 is 0.481 bits per heavy atom. The summed E-state index contributed by atoms with van der Waals surface area (Å²) < 4.78 is 11.3. The molecule has 5 nitrogen and oxygen atoms in total. The standard InChI is InChI=1S/C49H30N4O/c1-29-10-2-3-13-34(29)30-20-23-43-39(27-30)37-15-9-16-38-46-45(52(43)48(37)38)24-25-50-47(46)31-11-8-12-32(26-31)54-33-21-22-35-36-14-4-6-18-42(36)53-44-19-7-5-17-41(44)51-49(53)40(35)28-33/h2-28H,1H3. The average Bonchev–Trinajstić information content (AvgIpc) is 3.89. The maximum absolute atomic E-state index is 6.65. The van der Waals surface area contributed by atoms with Crippen LogP contribution in [-0.4, -0.2) is 18.8 Å². The Balaban J connectivity index is 0.991. The lowest BCUT2D eigenvalue weighted by molar-refractivity contribution is 0.483. The average molecular weight is 691 g/mol. The van der Waals surface area contributed by atoms with Gasteiger partial charge in [-0.05, 0) is 95.7 Å². The summed E-state index contributed by atoms with van der Waals surface area (Å²) in [5, 5.41) is 8.23. The van der Waals surface area contributed by atoms with Gasteiger partial charge >= 0.3 is 0 Å². The lowest BCUT2D eigenvalue weighted by Crippen LogP contribution is -1.92. The third-order valence-electron chi connectivity index (χ3n) is 11.3. The largest absolute Gasteiger partial charge is 0.457 e. The molecule has 5 heterocycles. The molecule has 54 heavy (non-hydrogen) atoms. The highest BCUT2D eigenvalue weighted by Gasteiger charge is 2.21. The van der Waals surface area contributed by atoms with Gasteiger partial charge in [0.15, 0.2) is 0 Å². The zero-order valence-corrected chi connectivity index (χ0v) is 29.3. The van der Waals surface area contributed by atoms with E-state index in [0.717, 1.165) is 66.6 Å². The SMILES string of the molecule is Cc1ccccc1-c1ccc2c(c1)c1cccc3c4c(-c5cccc(Oc6ccc7c8ccccc8n8c9ccccc9nc8c7c6)c5)nccc4n2c13. The fraction of sp³-hybridized carbons (Fsp3) is 0.0204. The van der Waals surface area contributed by atoms with Crippen molar-refractivity contribution in [2.75, 3.05) is 0 Å². The van der Waals surface area contributed by atoms with E-state index >= 15 is 0 Å². The van der Waals surface area contributed by atoms with E-state index in [1.54, 1.807) is 0 Å². The van der Waals surface area contributed by atoms with Crippen molar-refractivity contribution in [3.8, 4) is 33.9 Å². The lowest BCUT2D eigenvalue weighted by atomic mass is 9.98. The quantitative estimate of drug-likeness (QED) is 0.173. The summed E-state index contributed by atoms with van der Waals surface area (Å²) in [5.74, 6) is 1.51. The number of ether oxygens (including phenoxy) is 1. The van der Waals surface area contributed by atoms with Gasteiger partial charge in [-0.1, -0.05) is 91.0 Å². The fourth-order valence-electron chi connectivity index (χ4n) is 8.90. The molecule has 0 aliphatic carbocycles. The highest BCUT2D eigenvalue weighted by atomic mass is 16.5. The van der Waals surface area contributed by atoms with Crippen molar-refractivity contribution in [1.29, 1.82) is 0 Å². The van der Waals surface area contributed by atoms with Crippen molar-refractivity contribution in [1.82, 2.24) is 18.8 Å². The summed E-state index contributed by atoms with van der Waals surface area (Å²) in [4.78, 5) is 10.1.